The topological polar surface area (TPSA) is 32.3 Å². The van der Waals surface area contributed by atoms with Gasteiger partial charge in [-0.25, -0.2) is 4.39 Å². The van der Waals surface area contributed by atoms with Crippen molar-refractivity contribution in [2.75, 3.05) is 16.8 Å². The quantitative estimate of drug-likeness (QED) is 0.667. The van der Waals surface area contributed by atoms with Gasteiger partial charge in [-0.15, -0.1) is 0 Å². The molecule has 4 heteroatoms. The largest absolute Gasteiger partial charge is 0.342 e. The summed E-state index contributed by atoms with van der Waals surface area (Å²) in [4.78, 5) is 14.3. The number of carbonyl (C=O) groups excluding carboxylic acids is 1. The van der Waals surface area contributed by atoms with E-state index in [1.165, 1.54) is 12.1 Å². The van der Waals surface area contributed by atoms with E-state index in [0.29, 0.717) is 5.56 Å². The predicted octanol–water partition coefficient (Wildman–Crippen LogP) is 5.16. The normalized spacial score (nSPS) is 10.4. The highest BCUT2D eigenvalue weighted by Gasteiger charge is 2.08. The molecule has 26 heavy (non-hydrogen) atoms. The highest BCUT2D eigenvalue weighted by molar-refractivity contribution is 5.92. The van der Waals surface area contributed by atoms with E-state index in [9.17, 15) is 9.18 Å². The number of anilines is 3. The number of nitrogens with zero attached hydrogens (tertiary/aromatic N) is 1. The van der Waals surface area contributed by atoms with Gasteiger partial charge in [0.1, 0.15) is 5.82 Å². The standard InChI is InChI=1S/C22H21FN2O/c1-2-25(20-9-4-3-5-10-20)21-13-11-19(12-14-21)24-22(26)16-17-7-6-8-18(23)15-17/h3-15H,2,16H2,1H3,(H,24,26). The predicted molar refractivity (Wildman–Crippen MR) is 104 cm³/mol. The van der Waals surface area contributed by atoms with Crippen LogP contribution in [0.5, 0.6) is 0 Å². The third kappa shape index (κ3) is 4.48. The lowest BCUT2D eigenvalue weighted by Gasteiger charge is -2.23. The second-order valence-corrected chi connectivity index (χ2v) is 5.98. The minimum atomic E-state index is -0.333. The van der Waals surface area contributed by atoms with Crippen molar-refractivity contribution >= 4 is 23.0 Å². The fraction of sp³-hybridized carbons (Fsp3) is 0.136. The van der Waals surface area contributed by atoms with Gasteiger partial charge in [-0.05, 0) is 61.0 Å². The van der Waals surface area contributed by atoms with Gasteiger partial charge in [0.05, 0.1) is 6.42 Å². The van der Waals surface area contributed by atoms with Crippen molar-refractivity contribution in [2.45, 2.75) is 13.3 Å². The molecule has 0 aliphatic carbocycles. The molecule has 3 aromatic carbocycles. The summed E-state index contributed by atoms with van der Waals surface area (Å²) in [5.41, 5.74) is 3.55. The Morgan fingerprint density at radius 1 is 0.923 bits per heavy atom. The SMILES string of the molecule is CCN(c1ccccc1)c1ccc(NC(=O)Cc2cccc(F)c2)cc1. The van der Waals surface area contributed by atoms with Crippen molar-refractivity contribution in [1.29, 1.82) is 0 Å². The van der Waals surface area contributed by atoms with Gasteiger partial charge in [-0.1, -0.05) is 30.3 Å². The molecule has 0 saturated carbocycles. The van der Waals surface area contributed by atoms with E-state index in [2.05, 4.69) is 29.3 Å². The van der Waals surface area contributed by atoms with Gasteiger partial charge < -0.3 is 10.2 Å². The molecule has 0 saturated heterocycles. The van der Waals surface area contributed by atoms with Crippen molar-refractivity contribution in [2.24, 2.45) is 0 Å². The zero-order valence-corrected chi connectivity index (χ0v) is 14.7. The van der Waals surface area contributed by atoms with Crippen LogP contribution < -0.4 is 10.2 Å². The Balaban J connectivity index is 1.66. The molecule has 1 N–H and O–H groups in total. The minimum absolute atomic E-state index is 0.143. The number of rotatable bonds is 6. The van der Waals surface area contributed by atoms with Crippen molar-refractivity contribution < 1.29 is 9.18 Å². The van der Waals surface area contributed by atoms with Gasteiger partial charge in [-0.2, -0.15) is 0 Å². The molecule has 0 spiro atoms. The molecule has 1 amide bonds. The Labute approximate surface area is 153 Å². The van der Waals surface area contributed by atoms with Gasteiger partial charge in [-0.3, -0.25) is 4.79 Å². The van der Waals surface area contributed by atoms with Crippen LogP contribution in [0.3, 0.4) is 0 Å². The average molecular weight is 348 g/mol. The summed E-state index contributed by atoms with van der Waals surface area (Å²) in [7, 11) is 0. The first-order valence-corrected chi connectivity index (χ1v) is 8.62. The molecule has 0 atom stereocenters. The Morgan fingerprint density at radius 3 is 2.27 bits per heavy atom. The molecule has 0 aliphatic rings. The van der Waals surface area contributed by atoms with Crippen LogP contribution in [0.2, 0.25) is 0 Å². The Morgan fingerprint density at radius 2 is 1.62 bits per heavy atom. The molecular formula is C22H21FN2O. The zero-order chi connectivity index (χ0) is 18.4. The molecule has 0 unspecified atom stereocenters. The van der Waals surface area contributed by atoms with Gasteiger partial charge >= 0.3 is 0 Å². The number of nitrogens with one attached hydrogen (secondary N) is 1. The lowest BCUT2D eigenvalue weighted by atomic mass is 10.1. The van der Waals surface area contributed by atoms with Gasteiger partial charge in [0.2, 0.25) is 5.91 Å². The summed E-state index contributed by atoms with van der Waals surface area (Å²) in [6, 6.07) is 24.0. The van der Waals surface area contributed by atoms with Crippen LogP contribution in [-0.4, -0.2) is 12.5 Å². The summed E-state index contributed by atoms with van der Waals surface area (Å²) >= 11 is 0. The molecule has 0 radical (unpaired) electrons. The van der Waals surface area contributed by atoms with Crippen molar-refractivity contribution in [3.05, 3.63) is 90.2 Å². The van der Waals surface area contributed by atoms with Crippen molar-refractivity contribution in [1.82, 2.24) is 0 Å². The van der Waals surface area contributed by atoms with Crippen LogP contribution in [0.4, 0.5) is 21.5 Å². The van der Waals surface area contributed by atoms with Crippen LogP contribution in [0.25, 0.3) is 0 Å². The molecule has 0 bridgehead atoms. The number of benzene rings is 3. The maximum Gasteiger partial charge on any atom is 0.228 e. The number of hydrogen-bond acceptors (Lipinski definition) is 2. The monoisotopic (exact) mass is 348 g/mol. The molecule has 132 valence electrons. The first-order chi connectivity index (χ1) is 12.7. The van der Waals surface area contributed by atoms with E-state index < -0.39 is 0 Å². The molecule has 0 aliphatic heterocycles. The van der Waals surface area contributed by atoms with E-state index in [1.54, 1.807) is 12.1 Å². The summed E-state index contributed by atoms with van der Waals surface area (Å²) in [5.74, 6) is -0.501. The smallest absolute Gasteiger partial charge is 0.228 e. The van der Waals surface area contributed by atoms with Crippen LogP contribution in [0.1, 0.15) is 12.5 Å². The van der Waals surface area contributed by atoms with Crippen LogP contribution >= 0.6 is 0 Å². The van der Waals surface area contributed by atoms with Crippen LogP contribution in [0, 0.1) is 5.82 Å². The fourth-order valence-corrected chi connectivity index (χ4v) is 2.88. The minimum Gasteiger partial charge on any atom is -0.342 e. The maximum atomic E-state index is 13.2. The van der Waals surface area contributed by atoms with E-state index in [1.807, 2.05) is 42.5 Å². The summed E-state index contributed by atoms with van der Waals surface area (Å²) < 4.78 is 13.2. The molecule has 3 aromatic rings. The lowest BCUT2D eigenvalue weighted by Crippen LogP contribution is -2.16. The molecular weight excluding hydrogens is 327 g/mol. The lowest BCUT2D eigenvalue weighted by molar-refractivity contribution is -0.115. The molecule has 3 rings (SSSR count). The number of para-hydroxylation sites is 1. The van der Waals surface area contributed by atoms with E-state index in [0.717, 1.165) is 23.6 Å². The molecule has 0 fully saturated rings. The highest BCUT2D eigenvalue weighted by atomic mass is 19.1. The van der Waals surface area contributed by atoms with Crippen LogP contribution in [0.15, 0.2) is 78.9 Å². The first-order valence-electron chi connectivity index (χ1n) is 8.62. The van der Waals surface area contributed by atoms with Crippen molar-refractivity contribution in [3.63, 3.8) is 0 Å². The van der Waals surface area contributed by atoms with Gasteiger partial charge in [0.15, 0.2) is 0 Å². The summed E-state index contributed by atoms with van der Waals surface area (Å²) in [6.45, 7) is 2.94. The number of hydrogen-bond donors (Lipinski definition) is 1. The van der Waals surface area contributed by atoms with Gasteiger partial charge in [0.25, 0.3) is 0 Å². The molecule has 0 heterocycles. The third-order valence-corrected chi connectivity index (χ3v) is 4.10. The summed E-state index contributed by atoms with van der Waals surface area (Å²) in [5, 5.41) is 2.85. The van der Waals surface area contributed by atoms with Crippen LogP contribution in [-0.2, 0) is 11.2 Å². The highest BCUT2D eigenvalue weighted by Crippen LogP contribution is 2.26. The second kappa shape index (κ2) is 8.30. The molecule has 0 aromatic heterocycles. The number of halogens is 1. The number of carbonyl (C=O) groups is 1. The van der Waals surface area contributed by atoms with Gasteiger partial charge in [0, 0.05) is 23.6 Å². The Hall–Kier alpha value is -3.14. The average Bonchev–Trinajstić information content (AvgIpc) is 2.64. The first kappa shape index (κ1) is 17.7. The fourth-order valence-electron chi connectivity index (χ4n) is 2.88. The Kier molecular flexibility index (Phi) is 5.64. The zero-order valence-electron chi connectivity index (χ0n) is 14.7. The van der Waals surface area contributed by atoms with E-state index in [4.69, 9.17) is 0 Å². The third-order valence-electron chi connectivity index (χ3n) is 4.10. The number of amides is 1. The summed E-state index contributed by atoms with van der Waals surface area (Å²) in [6.07, 6.45) is 0.143. The van der Waals surface area contributed by atoms with E-state index in [-0.39, 0.29) is 18.1 Å². The maximum absolute atomic E-state index is 13.2. The second-order valence-electron chi connectivity index (χ2n) is 5.98. The van der Waals surface area contributed by atoms with E-state index >= 15 is 0 Å². The van der Waals surface area contributed by atoms with Crippen molar-refractivity contribution in [3.8, 4) is 0 Å². The Bertz CT molecular complexity index is 863. The molecule has 3 nitrogen and oxygen atoms in total.